The highest BCUT2D eigenvalue weighted by Crippen LogP contribution is 2.26. The van der Waals surface area contributed by atoms with Gasteiger partial charge in [0.2, 0.25) is 11.8 Å². The molecule has 16 heavy (non-hydrogen) atoms. The molecule has 0 spiro atoms. The first-order valence-electron chi connectivity index (χ1n) is 5.79. The van der Waals surface area contributed by atoms with Crippen molar-refractivity contribution >= 4 is 11.8 Å². The van der Waals surface area contributed by atoms with Crippen LogP contribution in [0.25, 0.3) is 0 Å². The number of carbonyl (C=O) groups excluding carboxylic acids is 2. The molecule has 1 rings (SSSR count). The number of nitrogens with zero attached hydrogens (tertiary/aromatic N) is 1. The highest BCUT2D eigenvalue weighted by molar-refractivity contribution is 5.97. The molecule has 92 valence electrons. The van der Waals surface area contributed by atoms with E-state index in [-0.39, 0.29) is 29.3 Å². The summed E-state index contributed by atoms with van der Waals surface area (Å²) in [5.41, 5.74) is -0.250. The Morgan fingerprint density at radius 2 is 1.75 bits per heavy atom. The van der Waals surface area contributed by atoms with Gasteiger partial charge in [0.1, 0.15) is 12.1 Å². The topological polar surface area (TPSA) is 49.4 Å². The SMILES string of the molecule is CC(C)N1C(=O)C(C(C)(C)C)NC(=O)C1C. The molecule has 0 bridgehead atoms. The average Bonchev–Trinajstić information content (AvgIpc) is 2.09. The Labute approximate surface area is 97.4 Å². The van der Waals surface area contributed by atoms with E-state index in [4.69, 9.17) is 0 Å². The van der Waals surface area contributed by atoms with Gasteiger partial charge >= 0.3 is 0 Å². The van der Waals surface area contributed by atoms with Gasteiger partial charge < -0.3 is 10.2 Å². The number of amides is 2. The van der Waals surface area contributed by atoms with Crippen LogP contribution in [0.3, 0.4) is 0 Å². The smallest absolute Gasteiger partial charge is 0.246 e. The summed E-state index contributed by atoms with van der Waals surface area (Å²) in [6.07, 6.45) is 0. The molecule has 1 aliphatic heterocycles. The van der Waals surface area contributed by atoms with Crippen molar-refractivity contribution in [2.45, 2.75) is 59.7 Å². The number of piperazine rings is 1. The number of hydrogen-bond acceptors (Lipinski definition) is 2. The van der Waals surface area contributed by atoms with E-state index in [1.54, 1.807) is 11.8 Å². The zero-order valence-electron chi connectivity index (χ0n) is 11.0. The standard InChI is InChI=1S/C12H22N2O2/c1-7(2)14-8(3)10(15)13-9(11(14)16)12(4,5)6/h7-9H,1-6H3,(H,13,15). The summed E-state index contributed by atoms with van der Waals surface area (Å²) >= 11 is 0. The Balaban J connectivity index is 3.03. The number of carbonyl (C=O) groups is 2. The Morgan fingerprint density at radius 3 is 2.12 bits per heavy atom. The summed E-state index contributed by atoms with van der Waals surface area (Å²) in [6.45, 7) is 11.5. The van der Waals surface area contributed by atoms with Crippen molar-refractivity contribution in [3.63, 3.8) is 0 Å². The summed E-state index contributed by atoms with van der Waals surface area (Å²) in [5.74, 6) is -0.0391. The lowest BCUT2D eigenvalue weighted by atomic mass is 9.83. The summed E-state index contributed by atoms with van der Waals surface area (Å²) in [4.78, 5) is 25.8. The summed E-state index contributed by atoms with van der Waals surface area (Å²) in [6, 6.07) is -0.733. The summed E-state index contributed by atoms with van der Waals surface area (Å²) in [7, 11) is 0. The van der Waals surface area contributed by atoms with Crippen molar-refractivity contribution in [3.05, 3.63) is 0 Å². The fourth-order valence-electron chi connectivity index (χ4n) is 2.08. The summed E-state index contributed by atoms with van der Waals surface area (Å²) in [5, 5.41) is 2.81. The van der Waals surface area contributed by atoms with Crippen molar-refractivity contribution in [2.24, 2.45) is 5.41 Å². The van der Waals surface area contributed by atoms with Crippen LogP contribution in [0.15, 0.2) is 0 Å². The van der Waals surface area contributed by atoms with Gasteiger partial charge in [-0.1, -0.05) is 20.8 Å². The van der Waals surface area contributed by atoms with Crippen LogP contribution in [0.4, 0.5) is 0 Å². The minimum Gasteiger partial charge on any atom is -0.342 e. The van der Waals surface area contributed by atoms with E-state index in [0.717, 1.165) is 0 Å². The fraction of sp³-hybridized carbons (Fsp3) is 0.833. The Kier molecular flexibility index (Phi) is 3.31. The van der Waals surface area contributed by atoms with Crippen LogP contribution in [0.2, 0.25) is 0 Å². The van der Waals surface area contributed by atoms with Crippen LogP contribution in [0.1, 0.15) is 41.5 Å². The Bertz CT molecular complexity index is 301. The van der Waals surface area contributed by atoms with Gasteiger partial charge in [-0.3, -0.25) is 9.59 Å². The molecule has 0 radical (unpaired) electrons. The average molecular weight is 226 g/mol. The third-order valence-corrected chi connectivity index (χ3v) is 3.01. The molecule has 1 fully saturated rings. The molecule has 0 aromatic carbocycles. The Morgan fingerprint density at radius 1 is 1.25 bits per heavy atom. The molecule has 0 aliphatic carbocycles. The van der Waals surface area contributed by atoms with Gasteiger partial charge in [0.15, 0.2) is 0 Å². The van der Waals surface area contributed by atoms with Gasteiger partial charge in [-0.25, -0.2) is 0 Å². The molecular formula is C12H22N2O2. The van der Waals surface area contributed by atoms with E-state index >= 15 is 0 Å². The van der Waals surface area contributed by atoms with E-state index in [1.807, 2.05) is 34.6 Å². The highest BCUT2D eigenvalue weighted by Gasteiger charge is 2.44. The second-order valence-electron chi connectivity index (χ2n) is 5.82. The van der Waals surface area contributed by atoms with Crippen molar-refractivity contribution in [2.75, 3.05) is 0 Å². The number of hydrogen-bond donors (Lipinski definition) is 1. The third-order valence-electron chi connectivity index (χ3n) is 3.01. The summed E-state index contributed by atoms with van der Waals surface area (Å²) < 4.78 is 0. The predicted molar refractivity (Wildman–Crippen MR) is 62.8 cm³/mol. The van der Waals surface area contributed by atoms with Crippen LogP contribution < -0.4 is 5.32 Å². The van der Waals surface area contributed by atoms with E-state index in [9.17, 15) is 9.59 Å². The first-order chi connectivity index (χ1) is 7.16. The molecule has 1 heterocycles. The third kappa shape index (κ3) is 2.20. The largest absolute Gasteiger partial charge is 0.342 e. The van der Waals surface area contributed by atoms with Crippen LogP contribution in [0, 0.1) is 5.41 Å². The Hall–Kier alpha value is -1.06. The molecule has 1 N–H and O–H groups in total. The van der Waals surface area contributed by atoms with Crippen molar-refractivity contribution < 1.29 is 9.59 Å². The lowest BCUT2D eigenvalue weighted by Gasteiger charge is -2.44. The fourth-order valence-corrected chi connectivity index (χ4v) is 2.08. The normalized spacial score (nSPS) is 27.3. The zero-order chi connectivity index (χ0) is 12.7. The maximum atomic E-state index is 12.3. The van der Waals surface area contributed by atoms with Crippen LogP contribution in [-0.2, 0) is 9.59 Å². The molecule has 0 saturated carbocycles. The quantitative estimate of drug-likeness (QED) is 0.729. The van der Waals surface area contributed by atoms with E-state index in [1.165, 1.54) is 0 Å². The van der Waals surface area contributed by atoms with Crippen molar-refractivity contribution in [1.82, 2.24) is 10.2 Å². The lowest BCUT2D eigenvalue weighted by molar-refractivity contribution is -0.153. The van der Waals surface area contributed by atoms with Crippen LogP contribution in [0.5, 0.6) is 0 Å². The van der Waals surface area contributed by atoms with Gasteiger partial charge in [0.25, 0.3) is 0 Å². The van der Waals surface area contributed by atoms with Gasteiger partial charge in [0, 0.05) is 6.04 Å². The molecule has 4 heteroatoms. The van der Waals surface area contributed by atoms with Crippen molar-refractivity contribution in [3.8, 4) is 0 Å². The van der Waals surface area contributed by atoms with Gasteiger partial charge in [0.05, 0.1) is 0 Å². The van der Waals surface area contributed by atoms with E-state index in [2.05, 4.69) is 5.32 Å². The molecule has 1 aliphatic rings. The van der Waals surface area contributed by atoms with Crippen LogP contribution >= 0.6 is 0 Å². The molecule has 2 amide bonds. The molecule has 2 atom stereocenters. The maximum absolute atomic E-state index is 12.3. The maximum Gasteiger partial charge on any atom is 0.246 e. The molecule has 4 nitrogen and oxygen atoms in total. The van der Waals surface area contributed by atoms with Gasteiger partial charge in [-0.05, 0) is 26.2 Å². The molecule has 1 saturated heterocycles. The lowest BCUT2D eigenvalue weighted by Crippen LogP contribution is -2.67. The minimum absolute atomic E-state index is 0.0228. The van der Waals surface area contributed by atoms with Crippen LogP contribution in [-0.4, -0.2) is 34.8 Å². The highest BCUT2D eigenvalue weighted by atomic mass is 16.2. The molecule has 0 aromatic rings. The zero-order valence-corrected chi connectivity index (χ0v) is 11.0. The van der Waals surface area contributed by atoms with Crippen molar-refractivity contribution in [1.29, 1.82) is 0 Å². The minimum atomic E-state index is -0.418. The van der Waals surface area contributed by atoms with E-state index < -0.39 is 6.04 Å². The molecule has 2 unspecified atom stereocenters. The van der Waals surface area contributed by atoms with Gasteiger partial charge in [-0.15, -0.1) is 0 Å². The number of nitrogens with one attached hydrogen (secondary N) is 1. The van der Waals surface area contributed by atoms with Gasteiger partial charge in [-0.2, -0.15) is 0 Å². The monoisotopic (exact) mass is 226 g/mol. The first-order valence-corrected chi connectivity index (χ1v) is 5.79. The molecule has 0 aromatic heterocycles. The second-order valence-corrected chi connectivity index (χ2v) is 5.82. The second kappa shape index (κ2) is 4.07. The predicted octanol–water partition coefficient (Wildman–Crippen LogP) is 1.16. The molecular weight excluding hydrogens is 204 g/mol. The van der Waals surface area contributed by atoms with E-state index in [0.29, 0.717) is 0 Å². The first kappa shape index (κ1) is 13.0. The number of rotatable bonds is 1.